The number of fused-ring (bicyclic) bond motifs is 1. The first-order valence-corrected chi connectivity index (χ1v) is 10.5. The number of carbonyl (C=O) groups excluding carboxylic acids is 2. The van der Waals surface area contributed by atoms with Crippen molar-refractivity contribution >= 4 is 17.4 Å². The Balaban J connectivity index is 1.62. The number of aliphatic hydroxyl groups excluding tert-OH is 1. The summed E-state index contributed by atoms with van der Waals surface area (Å²) in [5, 5.41) is 11.2. The van der Waals surface area contributed by atoms with Crippen molar-refractivity contribution in [3.8, 4) is 5.75 Å². The Kier molecular flexibility index (Phi) is 4.98. The molecule has 0 aliphatic carbocycles. The van der Waals surface area contributed by atoms with Gasteiger partial charge in [0.2, 0.25) is 0 Å². The topological polar surface area (TPSA) is 79.7 Å². The lowest BCUT2D eigenvalue weighted by atomic mass is 9.95. The number of ketones is 1. The fraction of sp³-hybridized carbons (Fsp3) is 0.192. The van der Waals surface area contributed by atoms with Crippen molar-refractivity contribution in [1.82, 2.24) is 9.88 Å². The van der Waals surface area contributed by atoms with Crippen molar-refractivity contribution in [2.75, 3.05) is 0 Å². The van der Waals surface area contributed by atoms with E-state index in [9.17, 15) is 14.7 Å². The number of carbonyl (C=O) groups is 2. The lowest BCUT2D eigenvalue weighted by molar-refractivity contribution is -0.140. The van der Waals surface area contributed by atoms with E-state index in [1.54, 1.807) is 30.6 Å². The van der Waals surface area contributed by atoms with Crippen molar-refractivity contribution in [2.45, 2.75) is 32.0 Å². The summed E-state index contributed by atoms with van der Waals surface area (Å²) in [5.41, 5.74) is 3.10. The van der Waals surface area contributed by atoms with Crippen LogP contribution >= 0.6 is 0 Å². The quantitative estimate of drug-likeness (QED) is 0.387. The van der Waals surface area contributed by atoms with Gasteiger partial charge in [-0.05, 0) is 47.9 Å². The number of rotatable bonds is 4. The van der Waals surface area contributed by atoms with E-state index in [2.05, 4.69) is 4.98 Å². The summed E-state index contributed by atoms with van der Waals surface area (Å²) >= 11 is 0. The molecule has 5 rings (SSSR count). The van der Waals surface area contributed by atoms with Crippen LogP contribution in [-0.2, 0) is 22.6 Å². The smallest absolute Gasteiger partial charge is 0.295 e. The summed E-state index contributed by atoms with van der Waals surface area (Å²) in [6.45, 7) is 2.23. The zero-order valence-electron chi connectivity index (χ0n) is 17.6. The first kappa shape index (κ1) is 20.0. The second-order valence-corrected chi connectivity index (χ2v) is 8.15. The average Bonchev–Trinajstić information content (AvgIpc) is 3.31. The molecular weight excluding hydrogens is 404 g/mol. The number of nitrogens with zero attached hydrogens (tertiary/aromatic N) is 2. The second-order valence-electron chi connectivity index (χ2n) is 8.15. The van der Waals surface area contributed by atoms with Gasteiger partial charge in [0, 0.05) is 30.9 Å². The maximum Gasteiger partial charge on any atom is 0.295 e. The molecule has 2 aromatic carbocycles. The molecule has 3 heterocycles. The van der Waals surface area contributed by atoms with Crippen LogP contribution in [-0.4, -0.2) is 32.8 Å². The molecule has 2 aliphatic rings. The van der Waals surface area contributed by atoms with E-state index in [4.69, 9.17) is 4.74 Å². The number of hydrogen-bond acceptors (Lipinski definition) is 5. The fourth-order valence-corrected chi connectivity index (χ4v) is 4.43. The summed E-state index contributed by atoms with van der Waals surface area (Å²) in [5.74, 6) is -0.739. The van der Waals surface area contributed by atoms with Gasteiger partial charge in [-0.2, -0.15) is 0 Å². The van der Waals surface area contributed by atoms with Crippen LogP contribution in [0.15, 0.2) is 78.6 Å². The monoisotopic (exact) mass is 426 g/mol. The first-order chi connectivity index (χ1) is 15.5. The highest BCUT2D eigenvalue weighted by molar-refractivity contribution is 6.46. The molecule has 0 bridgehead atoms. The largest absolute Gasteiger partial charge is 0.507 e. The van der Waals surface area contributed by atoms with Crippen molar-refractivity contribution in [2.24, 2.45) is 0 Å². The van der Waals surface area contributed by atoms with Crippen LogP contribution in [0.5, 0.6) is 5.75 Å². The highest BCUT2D eigenvalue weighted by Crippen LogP contribution is 2.41. The molecular formula is C26H22N2O4. The molecule has 2 atom stereocenters. The minimum atomic E-state index is -0.729. The molecule has 3 aromatic rings. The molecule has 1 saturated heterocycles. The van der Waals surface area contributed by atoms with E-state index >= 15 is 0 Å². The minimum absolute atomic E-state index is 0.0641. The molecule has 1 amide bonds. The highest BCUT2D eigenvalue weighted by atomic mass is 16.5. The number of aliphatic hydroxyl groups is 1. The normalized spacial score (nSPS) is 21.5. The van der Waals surface area contributed by atoms with Crippen LogP contribution in [0.25, 0.3) is 5.76 Å². The Morgan fingerprint density at radius 1 is 1.12 bits per heavy atom. The van der Waals surface area contributed by atoms with Gasteiger partial charge in [0.05, 0.1) is 11.6 Å². The molecule has 1 fully saturated rings. The molecule has 0 spiro atoms. The lowest BCUT2D eigenvalue weighted by Gasteiger charge is -2.25. The number of aromatic nitrogens is 1. The second kappa shape index (κ2) is 7.96. The average molecular weight is 426 g/mol. The first-order valence-electron chi connectivity index (χ1n) is 10.5. The number of amides is 1. The molecule has 0 radical (unpaired) electrons. The van der Waals surface area contributed by atoms with E-state index in [0.717, 1.165) is 23.3 Å². The van der Waals surface area contributed by atoms with Crippen molar-refractivity contribution in [3.05, 3.63) is 101 Å². The van der Waals surface area contributed by atoms with Crippen LogP contribution in [0, 0.1) is 0 Å². The molecule has 32 heavy (non-hydrogen) atoms. The van der Waals surface area contributed by atoms with Gasteiger partial charge in [-0.1, -0.05) is 36.4 Å². The number of benzene rings is 2. The van der Waals surface area contributed by atoms with Crippen LogP contribution in [0.4, 0.5) is 0 Å². The lowest BCUT2D eigenvalue weighted by Crippen LogP contribution is -2.29. The van der Waals surface area contributed by atoms with Crippen LogP contribution in [0.1, 0.15) is 35.2 Å². The minimum Gasteiger partial charge on any atom is -0.507 e. The van der Waals surface area contributed by atoms with Gasteiger partial charge in [0.1, 0.15) is 17.6 Å². The van der Waals surface area contributed by atoms with Crippen LogP contribution in [0.2, 0.25) is 0 Å². The molecule has 1 aromatic heterocycles. The van der Waals surface area contributed by atoms with Gasteiger partial charge in [0.15, 0.2) is 0 Å². The zero-order chi connectivity index (χ0) is 22.2. The zero-order valence-corrected chi connectivity index (χ0v) is 17.6. The Morgan fingerprint density at radius 3 is 2.69 bits per heavy atom. The van der Waals surface area contributed by atoms with E-state index < -0.39 is 17.7 Å². The van der Waals surface area contributed by atoms with E-state index in [1.807, 2.05) is 49.4 Å². The summed E-state index contributed by atoms with van der Waals surface area (Å²) in [7, 11) is 0. The third-order valence-corrected chi connectivity index (χ3v) is 5.91. The summed E-state index contributed by atoms with van der Waals surface area (Å²) < 4.78 is 5.74. The number of hydrogen-bond donors (Lipinski definition) is 1. The highest BCUT2D eigenvalue weighted by Gasteiger charge is 2.46. The number of ether oxygens (including phenoxy) is 1. The number of pyridine rings is 1. The number of likely N-dealkylation sites (tertiary alicyclic amines) is 1. The number of Topliss-reactive ketones (excluding diaryl/α,β-unsaturated/α-hetero) is 1. The van der Waals surface area contributed by atoms with Gasteiger partial charge in [-0.15, -0.1) is 0 Å². The molecule has 0 saturated carbocycles. The predicted octanol–water partition coefficient (Wildman–Crippen LogP) is 4.03. The van der Waals surface area contributed by atoms with E-state index in [1.165, 1.54) is 4.90 Å². The predicted molar refractivity (Wildman–Crippen MR) is 119 cm³/mol. The Morgan fingerprint density at radius 2 is 1.94 bits per heavy atom. The summed E-state index contributed by atoms with van der Waals surface area (Å²) in [6, 6.07) is 17.7. The standard InChI is InChI=1S/C26H22N2O4/c1-16-12-20-13-18(9-10-21(20)32-16)24(29)22-23(19-8-5-11-27-14-19)28(26(31)25(22)30)15-17-6-3-2-4-7-17/h2-11,13-14,16,23,29H,12,15H2,1H3/b24-22+/t16-,23+/m1/s1. The fourth-order valence-electron chi connectivity index (χ4n) is 4.43. The molecule has 160 valence electrons. The van der Waals surface area contributed by atoms with Crippen LogP contribution in [0.3, 0.4) is 0 Å². The van der Waals surface area contributed by atoms with Gasteiger partial charge >= 0.3 is 0 Å². The Hall–Kier alpha value is -3.93. The van der Waals surface area contributed by atoms with Gasteiger partial charge < -0.3 is 14.7 Å². The van der Waals surface area contributed by atoms with Crippen molar-refractivity contribution < 1.29 is 19.4 Å². The third kappa shape index (κ3) is 3.43. The Labute approximate surface area is 185 Å². The van der Waals surface area contributed by atoms with Gasteiger partial charge in [-0.25, -0.2) is 0 Å². The maximum atomic E-state index is 13.1. The van der Waals surface area contributed by atoms with Crippen molar-refractivity contribution in [3.63, 3.8) is 0 Å². The SMILES string of the molecule is C[C@@H]1Cc2cc(/C(O)=C3\C(=O)C(=O)N(Cc4ccccc4)[C@H]3c3cccnc3)ccc2O1. The molecule has 0 unspecified atom stereocenters. The Bertz CT molecular complexity index is 1220. The molecule has 2 aliphatic heterocycles. The molecule has 6 heteroatoms. The summed E-state index contributed by atoms with van der Waals surface area (Å²) in [6.07, 6.45) is 4.05. The molecule has 1 N–H and O–H groups in total. The third-order valence-electron chi connectivity index (χ3n) is 5.91. The van der Waals surface area contributed by atoms with E-state index in [0.29, 0.717) is 11.1 Å². The van der Waals surface area contributed by atoms with Gasteiger partial charge in [0.25, 0.3) is 11.7 Å². The van der Waals surface area contributed by atoms with Gasteiger partial charge in [-0.3, -0.25) is 14.6 Å². The maximum absolute atomic E-state index is 13.1. The van der Waals surface area contributed by atoms with E-state index in [-0.39, 0.29) is 24.0 Å². The summed E-state index contributed by atoms with van der Waals surface area (Å²) in [4.78, 5) is 31.9. The van der Waals surface area contributed by atoms with Crippen molar-refractivity contribution in [1.29, 1.82) is 0 Å². The van der Waals surface area contributed by atoms with Crippen LogP contribution < -0.4 is 4.74 Å². The molecule has 6 nitrogen and oxygen atoms in total.